The van der Waals surface area contributed by atoms with Crippen LogP contribution in [0.15, 0.2) is 0 Å². The molecule has 1 fully saturated rings. The molecule has 1 rings (SSSR count). The van der Waals surface area contributed by atoms with E-state index in [0.29, 0.717) is 38.8 Å². The lowest BCUT2D eigenvalue weighted by Gasteiger charge is -2.13. The predicted octanol–water partition coefficient (Wildman–Crippen LogP) is 0.231. The molecular weight excluding hydrogens is 256 g/mol. The number of hydrogen-bond donors (Lipinski definition) is 0. The fourth-order valence-corrected chi connectivity index (χ4v) is 3.11. The molecule has 1 saturated heterocycles. The van der Waals surface area contributed by atoms with E-state index in [9.17, 15) is 4.79 Å². The molecule has 18 heavy (non-hydrogen) atoms. The Bertz CT molecular complexity index is 219. The Labute approximate surface area is 111 Å². The minimum atomic E-state index is -0.117. The van der Waals surface area contributed by atoms with Crippen molar-refractivity contribution in [2.24, 2.45) is 0 Å². The molecule has 0 bridgehead atoms. The molecule has 1 aliphatic heterocycles. The van der Waals surface area contributed by atoms with Crippen molar-refractivity contribution in [1.82, 2.24) is 0 Å². The van der Waals surface area contributed by atoms with Crippen molar-refractivity contribution >= 4 is 16.9 Å². The van der Waals surface area contributed by atoms with E-state index in [1.807, 2.05) is 6.92 Å². The van der Waals surface area contributed by atoms with Crippen LogP contribution < -0.4 is 0 Å². The number of esters is 1. The third-order valence-corrected chi connectivity index (χ3v) is 4.55. The van der Waals surface area contributed by atoms with E-state index >= 15 is 0 Å². The SMILES string of the molecule is CCOCCOCCOC(=O)C[S+]1CCOCC1. The molecule has 5 nitrogen and oxygen atoms in total. The molecule has 0 saturated carbocycles. The van der Waals surface area contributed by atoms with Gasteiger partial charge >= 0.3 is 5.97 Å². The van der Waals surface area contributed by atoms with Crippen molar-refractivity contribution in [3.63, 3.8) is 0 Å². The van der Waals surface area contributed by atoms with E-state index in [1.165, 1.54) is 0 Å². The summed E-state index contributed by atoms with van der Waals surface area (Å²) in [6.07, 6.45) is 0. The third kappa shape index (κ3) is 7.92. The van der Waals surface area contributed by atoms with Crippen molar-refractivity contribution < 1.29 is 23.7 Å². The van der Waals surface area contributed by atoms with Gasteiger partial charge in [-0.2, -0.15) is 0 Å². The van der Waals surface area contributed by atoms with E-state index in [2.05, 4.69) is 0 Å². The number of rotatable bonds is 9. The van der Waals surface area contributed by atoms with E-state index < -0.39 is 0 Å². The molecule has 1 aliphatic rings. The van der Waals surface area contributed by atoms with Gasteiger partial charge in [-0.15, -0.1) is 0 Å². The van der Waals surface area contributed by atoms with Gasteiger partial charge in [0.1, 0.15) is 18.1 Å². The van der Waals surface area contributed by atoms with Gasteiger partial charge in [-0.05, 0) is 6.92 Å². The van der Waals surface area contributed by atoms with Crippen molar-refractivity contribution in [1.29, 1.82) is 0 Å². The summed E-state index contributed by atoms with van der Waals surface area (Å²) in [7, 11) is 0.153. The number of ether oxygens (including phenoxy) is 4. The Morgan fingerprint density at radius 1 is 1.11 bits per heavy atom. The Hall–Kier alpha value is -0.300. The van der Waals surface area contributed by atoms with E-state index in [-0.39, 0.29) is 16.9 Å². The van der Waals surface area contributed by atoms with Gasteiger partial charge in [0.25, 0.3) is 0 Å². The maximum absolute atomic E-state index is 11.5. The fourth-order valence-electron chi connectivity index (χ4n) is 1.49. The van der Waals surface area contributed by atoms with Crippen molar-refractivity contribution in [3.8, 4) is 0 Å². The van der Waals surface area contributed by atoms with Gasteiger partial charge in [0.2, 0.25) is 5.75 Å². The molecule has 0 atom stereocenters. The zero-order valence-electron chi connectivity index (χ0n) is 11.0. The normalized spacial score (nSPS) is 16.7. The largest absolute Gasteiger partial charge is 0.460 e. The summed E-state index contributed by atoms with van der Waals surface area (Å²) in [5, 5.41) is 0. The lowest BCUT2D eigenvalue weighted by molar-refractivity contribution is -0.142. The minimum absolute atomic E-state index is 0.117. The Balaban J connectivity index is 1.90. The summed E-state index contributed by atoms with van der Waals surface area (Å²) in [6.45, 7) is 6.10. The Morgan fingerprint density at radius 3 is 2.50 bits per heavy atom. The molecule has 0 amide bonds. The maximum atomic E-state index is 11.5. The Morgan fingerprint density at radius 2 is 1.78 bits per heavy atom. The molecule has 0 unspecified atom stereocenters. The number of carbonyl (C=O) groups is 1. The Kier molecular flexibility index (Phi) is 9.28. The first-order chi connectivity index (χ1) is 8.83. The molecule has 0 aliphatic carbocycles. The molecule has 0 spiro atoms. The highest BCUT2D eigenvalue weighted by atomic mass is 32.2. The standard InChI is InChI=1S/C12H23O5S/c1-2-14-3-4-15-5-6-17-12(13)11-18-9-7-16-8-10-18/h2-11H2,1H3/q+1. The summed E-state index contributed by atoms with van der Waals surface area (Å²) in [4.78, 5) is 11.5. The lowest BCUT2D eigenvalue weighted by Crippen LogP contribution is -2.32. The van der Waals surface area contributed by atoms with Crippen LogP contribution in [0.1, 0.15) is 6.92 Å². The average Bonchev–Trinajstić information content (AvgIpc) is 2.39. The number of carbonyl (C=O) groups excluding carboxylic acids is 1. The summed E-state index contributed by atoms with van der Waals surface area (Å²) in [5.74, 6) is 2.39. The predicted molar refractivity (Wildman–Crippen MR) is 71.1 cm³/mol. The van der Waals surface area contributed by atoms with Crippen molar-refractivity contribution in [2.45, 2.75) is 6.92 Å². The van der Waals surface area contributed by atoms with Crippen LogP contribution in [0.5, 0.6) is 0 Å². The smallest absolute Gasteiger partial charge is 0.356 e. The summed E-state index contributed by atoms with van der Waals surface area (Å²) in [6, 6.07) is 0. The zero-order chi connectivity index (χ0) is 13.1. The first-order valence-corrected chi connectivity index (χ1v) is 8.09. The van der Waals surface area contributed by atoms with Crippen LogP contribution in [-0.4, -0.2) is 69.5 Å². The highest BCUT2D eigenvalue weighted by Gasteiger charge is 2.26. The monoisotopic (exact) mass is 279 g/mol. The van der Waals surface area contributed by atoms with Gasteiger partial charge in [-0.3, -0.25) is 0 Å². The second kappa shape index (κ2) is 10.6. The third-order valence-electron chi connectivity index (χ3n) is 2.42. The first kappa shape index (κ1) is 15.8. The molecule has 106 valence electrons. The van der Waals surface area contributed by atoms with Crippen LogP contribution in [0.3, 0.4) is 0 Å². The number of hydrogen-bond acceptors (Lipinski definition) is 5. The maximum Gasteiger partial charge on any atom is 0.356 e. The fraction of sp³-hybridized carbons (Fsp3) is 0.917. The summed E-state index contributed by atoms with van der Waals surface area (Å²) >= 11 is 0. The van der Waals surface area contributed by atoms with Gasteiger partial charge < -0.3 is 18.9 Å². The van der Waals surface area contributed by atoms with Gasteiger partial charge in [0.15, 0.2) is 0 Å². The van der Waals surface area contributed by atoms with Crippen LogP contribution in [0.25, 0.3) is 0 Å². The summed E-state index contributed by atoms with van der Waals surface area (Å²) in [5.41, 5.74) is 0. The quantitative estimate of drug-likeness (QED) is 0.344. The average molecular weight is 279 g/mol. The second-order valence-electron chi connectivity index (χ2n) is 3.81. The highest BCUT2D eigenvalue weighted by molar-refractivity contribution is 7.97. The highest BCUT2D eigenvalue weighted by Crippen LogP contribution is 2.04. The molecule has 0 radical (unpaired) electrons. The van der Waals surface area contributed by atoms with Crippen LogP contribution in [0.2, 0.25) is 0 Å². The molecule has 0 N–H and O–H groups in total. The topological polar surface area (TPSA) is 54.0 Å². The molecule has 0 aromatic carbocycles. The van der Waals surface area contributed by atoms with Crippen LogP contribution in [0, 0.1) is 0 Å². The van der Waals surface area contributed by atoms with E-state index in [1.54, 1.807) is 0 Å². The molecular formula is C12H23O5S+. The van der Waals surface area contributed by atoms with Gasteiger partial charge in [-0.1, -0.05) is 0 Å². The summed E-state index contributed by atoms with van der Waals surface area (Å²) < 4.78 is 20.7. The molecule has 0 aromatic rings. The minimum Gasteiger partial charge on any atom is -0.460 e. The second-order valence-corrected chi connectivity index (χ2v) is 6.14. The van der Waals surface area contributed by atoms with Crippen LogP contribution in [0.4, 0.5) is 0 Å². The van der Waals surface area contributed by atoms with Gasteiger partial charge in [0, 0.05) is 17.5 Å². The van der Waals surface area contributed by atoms with E-state index in [4.69, 9.17) is 18.9 Å². The lowest BCUT2D eigenvalue weighted by atomic mass is 10.7. The van der Waals surface area contributed by atoms with Crippen LogP contribution >= 0.6 is 0 Å². The van der Waals surface area contributed by atoms with Gasteiger partial charge in [0.05, 0.1) is 33.0 Å². The van der Waals surface area contributed by atoms with Crippen molar-refractivity contribution in [3.05, 3.63) is 0 Å². The molecule has 0 aromatic heterocycles. The van der Waals surface area contributed by atoms with E-state index in [0.717, 1.165) is 24.7 Å². The van der Waals surface area contributed by atoms with Crippen molar-refractivity contribution in [2.75, 3.05) is 63.5 Å². The zero-order valence-corrected chi connectivity index (χ0v) is 11.8. The molecule has 1 heterocycles. The van der Waals surface area contributed by atoms with Crippen LogP contribution in [-0.2, 0) is 34.6 Å². The van der Waals surface area contributed by atoms with Gasteiger partial charge in [-0.25, -0.2) is 4.79 Å². The first-order valence-electron chi connectivity index (χ1n) is 6.36. The molecule has 6 heteroatoms.